The Morgan fingerprint density at radius 1 is 1.22 bits per heavy atom. The van der Waals surface area contributed by atoms with Crippen molar-refractivity contribution in [3.63, 3.8) is 0 Å². The van der Waals surface area contributed by atoms with Crippen molar-refractivity contribution >= 4 is 17.3 Å². The van der Waals surface area contributed by atoms with Crippen LogP contribution < -0.4 is 10.6 Å². The lowest BCUT2D eigenvalue weighted by atomic mass is 10.1. The highest BCUT2D eigenvalue weighted by atomic mass is 32.1. The molecule has 1 aromatic rings. The van der Waals surface area contributed by atoms with Crippen LogP contribution in [0.2, 0.25) is 0 Å². The summed E-state index contributed by atoms with van der Waals surface area (Å²) in [6, 6.07) is 0. The number of rotatable bonds is 8. The summed E-state index contributed by atoms with van der Waals surface area (Å²) in [4.78, 5) is 12.5. The van der Waals surface area contributed by atoms with Crippen molar-refractivity contribution < 1.29 is 0 Å². The van der Waals surface area contributed by atoms with Gasteiger partial charge in [0.1, 0.15) is 5.01 Å². The molecule has 1 aliphatic heterocycles. The van der Waals surface area contributed by atoms with E-state index in [1.807, 2.05) is 13.2 Å². The van der Waals surface area contributed by atoms with E-state index in [-0.39, 0.29) is 0 Å². The molecule has 0 bridgehead atoms. The Balaban J connectivity index is 1.50. The van der Waals surface area contributed by atoms with Gasteiger partial charge in [0, 0.05) is 24.7 Å². The third-order valence-electron chi connectivity index (χ3n) is 4.19. The molecule has 5 nitrogen and oxygen atoms in total. The zero-order valence-corrected chi connectivity index (χ0v) is 15.4. The quantitative estimate of drug-likeness (QED) is 0.435. The number of aromatic nitrogens is 1. The van der Waals surface area contributed by atoms with Crippen molar-refractivity contribution in [2.24, 2.45) is 4.99 Å². The lowest BCUT2D eigenvalue weighted by Gasteiger charge is -2.26. The Bertz CT molecular complexity index is 465. The number of hydrogen-bond acceptors (Lipinski definition) is 4. The van der Waals surface area contributed by atoms with Gasteiger partial charge in [0.2, 0.25) is 0 Å². The smallest absolute Gasteiger partial charge is 0.191 e. The fraction of sp³-hybridized carbons (Fsp3) is 0.765. The first kappa shape index (κ1) is 18.2. The van der Waals surface area contributed by atoms with Crippen LogP contribution in [0.4, 0.5) is 0 Å². The van der Waals surface area contributed by atoms with Gasteiger partial charge in [0.15, 0.2) is 5.96 Å². The number of thiazole rings is 1. The molecule has 6 heteroatoms. The SMILES string of the molecule is CN=C(NCCCCCN1CCCCC1)NCc1ncc(C)s1. The maximum Gasteiger partial charge on any atom is 0.191 e. The number of guanidine groups is 1. The van der Waals surface area contributed by atoms with Gasteiger partial charge < -0.3 is 15.5 Å². The normalized spacial score (nSPS) is 16.5. The van der Waals surface area contributed by atoms with Crippen molar-refractivity contribution in [1.29, 1.82) is 0 Å². The number of unbranched alkanes of at least 4 members (excludes halogenated alkanes) is 2. The van der Waals surface area contributed by atoms with E-state index in [1.54, 1.807) is 11.3 Å². The van der Waals surface area contributed by atoms with Crippen LogP contribution >= 0.6 is 11.3 Å². The molecular formula is C17H31N5S. The molecule has 0 aliphatic carbocycles. The molecule has 2 N–H and O–H groups in total. The second-order valence-corrected chi connectivity index (χ2v) is 7.50. The van der Waals surface area contributed by atoms with Gasteiger partial charge in [-0.15, -0.1) is 11.3 Å². The molecule has 0 amide bonds. The van der Waals surface area contributed by atoms with Crippen LogP contribution in [-0.4, -0.2) is 49.1 Å². The van der Waals surface area contributed by atoms with Crippen LogP contribution in [0.1, 0.15) is 48.4 Å². The average Bonchev–Trinajstić information content (AvgIpc) is 3.00. The first-order chi connectivity index (χ1) is 11.3. The molecule has 23 heavy (non-hydrogen) atoms. The van der Waals surface area contributed by atoms with Gasteiger partial charge in [-0.1, -0.05) is 12.8 Å². The molecule has 1 saturated heterocycles. The van der Waals surface area contributed by atoms with Gasteiger partial charge in [-0.2, -0.15) is 0 Å². The highest BCUT2D eigenvalue weighted by Crippen LogP contribution is 2.10. The second-order valence-electron chi connectivity index (χ2n) is 6.18. The molecule has 0 unspecified atom stereocenters. The van der Waals surface area contributed by atoms with Gasteiger partial charge in [-0.05, 0) is 52.2 Å². The standard InChI is InChI=1S/C17H31N5S/c1-15-13-20-16(23-15)14-21-17(18-2)19-9-5-3-6-10-22-11-7-4-8-12-22/h13H,3-12,14H2,1-2H3,(H2,18,19,21). The summed E-state index contributed by atoms with van der Waals surface area (Å²) in [6.45, 7) is 7.70. The lowest BCUT2D eigenvalue weighted by molar-refractivity contribution is 0.224. The van der Waals surface area contributed by atoms with Gasteiger partial charge in [0.25, 0.3) is 0 Å². The number of nitrogens with zero attached hydrogens (tertiary/aromatic N) is 3. The molecule has 0 atom stereocenters. The molecule has 1 fully saturated rings. The fourth-order valence-corrected chi connectivity index (χ4v) is 3.62. The first-order valence-electron chi connectivity index (χ1n) is 8.86. The minimum Gasteiger partial charge on any atom is -0.356 e. The summed E-state index contributed by atoms with van der Waals surface area (Å²) in [5, 5.41) is 7.81. The number of likely N-dealkylation sites (tertiary alicyclic amines) is 1. The van der Waals surface area contributed by atoms with Crippen LogP contribution in [0.15, 0.2) is 11.2 Å². The van der Waals surface area contributed by atoms with Crippen LogP contribution in [0.5, 0.6) is 0 Å². The summed E-state index contributed by atoms with van der Waals surface area (Å²) in [5.41, 5.74) is 0. The number of aliphatic imine (C=N–C) groups is 1. The highest BCUT2D eigenvalue weighted by molar-refractivity contribution is 7.11. The van der Waals surface area contributed by atoms with E-state index < -0.39 is 0 Å². The van der Waals surface area contributed by atoms with E-state index in [1.165, 1.54) is 63.0 Å². The van der Waals surface area contributed by atoms with E-state index in [0.717, 1.165) is 24.1 Å². The minimum atomic E-state index is 0.743. The first-order valence-corrected chi connectivity index (χ1v) is 9.68. The Morgan fingerprint density at radius 2 is 2.04 bits per heavy atom. The Morgan fingerprint density at radius 3 is 2.74 bits per heavy atom. The topological polar surface area (TPSA) is 52.6 Å². The third-order valence-corrected chi connectivity index (χ3v) is 5.10. The van der Waals surface area contributed by atoms with Gasteiger partial charge in [0.05, 0.1) is 6.54 Å². The van der Waals surface area contributed by atoms with E-state index >= 15 is 0 Å². The van der Waals surface area contributed by atoms with Gasteiger partial charge >= 0.3 is 0 Å². The van der Waals surface area contributed by atoms with Crippen LogP contribution in [0.25, 0.3) is 0 Å². The predicted octanol–water partition coefficient (Wildman–Crippen LogP) is 2.77. The number of hydrogen-bond donors (Lipinski definition) is 2. The largest absolute Gasteiger partial charge is 0.356 e. The molecule has 2 heterocycles. The van der Waals surface area contributed by atoms with Gasteiger partial charge in [-0.3, -0.25) is 4.99 Å². The molecule has 0 aromatic carbocycles. The Labute approximate surface area is 144 Å². The zero-order chi connectivity index (χ0) is 16.3. The van der Waals surface area contributed by atoms with E-state index in [4.69, 9.17) is 0 Å². The molecule has 130 valence electrons. The summed E-state index contributed by atoms with van der Waals surface area (Å²) in [7, 11) is 1.82. The summed E-state index contributed by atoms with van der Waals surface area (Å²) in [6.07, 6.45) is 9.92. The monoisotopic (exact) mass is 337 g/mol. The number of piperidine rings is 1. The average molecular weight is 338 g/mol. The van der Waals surface area contributed by atoms with Crippen molar-refractivity contribution in [3.8, 4) is 0 Å². The van der Waals surface area contributed by atoms with Crippen molar-refractivity contribution in [2.75, 3.05) is 33.2 Å². The molecule has 0 radical (unpaired) electrons. The third kappa shape index (κ3) is 7.31. The number of aryl methyl sites for hydroxylation is 1. The van der Waals surface area contributed by atoms with Crippen LogP contribution in [0, 0.1) is 6.92 Å². The molecule has 0 spiro atoms. The maximum absolute atomic E-state index is 4.36. The van der Waals surface area contributed by atoms with Crippen molar-refractivity contribution in [3.05, 3.63) is 16.1 Å². The zero-order valence-electron chi connectivity index (χ0n) is 14.6. The van der Waals surface area contributed by atoms with E-state index in [2.05, 4.69) is 32.4 Å². The molecule has 1 aromatic heterocycles. The van der Waals surface area contributed by atoms with E-state index in [9.17, 15) is 0 Å². The van der Waals surface area contributed by atoms with Crippen LogP contribution in [-0.2, 0) is 6.54 Å². The minimum absolute atomic E-state index is 0.743. The summed E-state index contributed by atoms with van der Waals surface area (Å²) < 4.78 is 0. The molecular weight excluding hydrogens is 306 g/mol. The van der Waals surface area contributed by atoms with Gasteiger partial charge in [-0.25, -0.2) is 4.98 Å². The maximum atomic E-state index is 4.36. The summed E-state index contributed by atoms with van der Waals surface area (Å²) in [5.74, 6) is 0.869. The Kier molecular flexibility index (Phi) is 8.39. The summed E-state index contributed by atoms with van der Waals surface area (Å²) >= 11 is 1.73. The lowest BCUT2D eigenvalue weighted by Crippen LogP contribution is -2.37. The van der Waals surface area contributed by atoms with Crippen molar-refractivity contribution in [2.45, 2.75) is 52.0 Å². The fourth-order valence-electron chi connectivity index (χ4n) is 2.89. The van der Waals surface area contributed by atoms with E-state index in [0.29, 0.717) is 0 Å². The van der Waals surface area contributed by atoms with Crippen molar-refractivity contribution in [1.82, 2.24) is 20.5 Å². The molecule has 1 aliphatic rings. The Hall–Kier alpha value is -1.14. The molecule has 2 rings (SSSR count). The van der Waals surface area contributed by atoms with Crippen LogP contribution in [0.3, 0.4) is 0 Å². The second kappa shape index (κ2) is 10.6. The highest BCUT2D eigenvalue weighted by Gasteiger charge is 2.08. The predicted molar refractivity (Wildman–Crippen MR) is 99.2 cm³/mol. The molecule has 0 saturated carbocycles. The number of nitrogens with one attached hydrogen (secondary N) is 2.